The Morgan fingerprint density at radius 3 is 2.56 bits per heavy atom. The maximum atomic E-state index is 12.8. The standard InChI is InChI=1S/C24H22ClN3O4/c1-15(17-6-2-4-8-19(17)25)26-13-23(29)28-20-9-5-3-7-18(20)24(30)27-16-10-11-21-22(12-16)32-14-31-21/h2-12,15,26H,13-14H2,1H3,(H,27,30)(H,28,29)/t15-/m0/s1. The lowest BCUT2D eigenvalue weighted by atomic mass is 10.1. The fraction of sp³-hybridized carbons (Fsp3) is 0.167. The van der Waals surface area contributed by atoms with Gasteiger partial charge in [0.05, 0.1) is 17.8 Å². The van der Waals surface area contributed by atoms with Crippen LogP contribution < -0.4 is 25.4 Å². The summed E-state index contributed by atoms with van der Waals surface area (Å²) in [6.45, 7) is 2.15. The molecule has 8 heteroatoms. The number of fused-ring (bicyclic) bond motifs is 1. The van der Waals surface area contributed by atoms with Gasteiger partial charge in [-0.15, -0.1) is 0 Å². The monoisotopic (exact) mass is 451 g/mol. The van der Waals surface area contributed by atoms with Gasteiger partial charge in [0.2, 0.25) is 12.7 Å². The van der Waals surface area contributed by atoms with E-state index < -0.39 is 0 Å². The highest BCUT2D eigenvalue weighted by Gasteiger charge is 2.17. The largest absolute Gasteiger partial charge is 0.454 e. The SMILES string of the molecule is C[C@H](NCC(=O)Nc1ccccc1C(=O)Nc1ccc2c(c1)OCO2)c1ccccc1Cl. The van der Waals surface area contributed by atoms with Gasteiger partial charge in [-0.05, 0) is 42.8 Å². The lowest BCUT2D eigenvalue weighted by molar-refractivity contribution is -0.115. The number of ether oxygens (including phenoxy) is 2. The van der Waals surface area contributed by atoms with E-state index in [1.807, 2.05) is 31.2 Å². The molecule has 7 nitrogen and oxygen atoms in total. The second kappa shape index (κ2) is 9.72. The molecule has 0 fully saturated rings. The molecule has 0 aliphatic carbocycles. The number of carbonyl (C=O) groups is 2. The van der Waals surface area contributed by atoms with Crippen LogP contribution in [-0.4, -0.2) is 25.2 Å². The van der Waals surface area contributed by atoms with Crippen LogP contribution in [0.25, 0.3) is 0 Å². The molecule has 0 radical (unpaired) electrons. The summed E-state index contributed by atoms with van der Waals surface area (Å²) in [5.41, 5.74) is 2.24. The second-order valence-electron chi connectivity index (χ2n) is 7.24. The van der Waals surface area contributed by atoms with Crippen molar-refractivity contribution in [3.05, 3.63) is 82.9 Å². The molecule has 1 heterocycles. The molecule has 3 aromatic rings. The summed E-state index contributed by atoms with van der Waals surface area (Å²) in [4.78, 5) is 25.4. The Morgan fingerprint density at radius 2 is 1.72 bits per heavy atom. The van der Waals surface area contributed by atoms with Crippen molar-refractivity contribution < 1.29 is 19.1 Å². The number of hydrogen-bond acceptors (Lipinski definition) is 5. The van der Waals surface area contributed by atoms with E-state index in [1.165, 1.54) is 0 Å². The molecular formula is C24H22ClN3O4. The lowest BCUT2D eigenvalue weighted by Gasteiger charge is -2.16. The highest BCUT2D eigenvalue weighted by Crippen LogP contribution is 2.34. The summed E-state index contributed by atoms with van der Waals surface area (Å²) in [5, 5.41) is 9.41. The average Bonchev–Trinajstić information content (AvgIpc) is 3.26. The Hall–Kier alpha value is -3.55. The van der Waals surface area contributed by atoms with Gasteiger partial charge in [0.15, 0.2) is 11.5 Å². The highest BCUT2D eigenvalue weighted by molar-refractivity contribution is 6.31. The Kier molecular flexibility index (Phi) is 6.58. The van der Waals surface area contributed by atoms with Gasteiger partial charge in [0.25, 0.3) is 5.91 Å². The Labute approximate surface area is 190 Å². The molecule has 32 heavy (non-hydrogen) atoms. The molecule has 3 N–H and O–H groups in total. The fourth-order valence-electron chi connectivity index (χ4n) is 3.34. The Balaban J connectivity index is 1.39. The smallest absolute Gasteiger partial charge is 0.257 e. The van der Waals surface area contributed by atoms with Crippen LogP contribution in [0.4, 0.5) is 11.4 Å². The van der Waals surface area contributed by atoms with Crippen molar-refractivity contribution in [2.75, 3.05) is 24.0 Å². The summed E-state index contributed by atoms with van der Waals surface area (Å²) in [6.07, 6.45) is 0. The fourth-order valence-corrected chi connectivity index (χ4v) is 3.64. The second-order valence-corrected chi connectivity index (χ2v) is 7.65. The first-order valence-electron chi connectivity index (χ1n) is 10.1. The van der Waals surface area contributed by atoms with Crippen molar-refractivity contribution in [1.82, 2.24) is 5.32 Å². The van der Waals surface area contributed by atoms with Crippen molar-refractivity contribution in [2.45, 2.75) is 13.0 Å². The van der Waals surface area contributed by atoms with Crippen LogP contribution in [0.15, 0.2) is 66.7 Å². The molecule has 3 aromatic carbocycles. The van der Waals surface area contributed by atoms with Gasteiger partial charge in [-0.2, -0.15) is 0 Å². The Bertz CT molecular complexity index is 1150. The lowest BCUT2D eigenvalue weighted by Crippen LogP contribution is -2.30. The molecule has 0 saturated carbocycles. The molecule has 0 aromatic heterocycles. The zero-order valence-electron chi connectivity index (χ0n) is 17.4. The van der Waals surface area contributed by atoms with E-state index in [0.29, 0.717) is 33.5 Å². The molecule has 2 amide bonds. The van der Waals surface area contributed by atoms with Gasteiger partial charge >= 0.3 is 0 Å². The van der Waals surface area contributed by atoms with E-state index in [2.05, 4.69) is 16.0 Å². The van der Waals surface area contributed by atoms with Crippen molar-refractivity contribution in [1.29, 1.82) is 0 Å². The maximum Gasteiger partial charge on any atom is 0.257 e. The third kappa shape index (κ3) is 5.01. The predicted molar refractivity (Wildman–Crippen MR) is 123 cm³/mol. The highest BCUT2D eigenvalue weighted by atomic mass is 35.5. The summed E-state index contributed by atoms with van der Waals surface area (Å²) in [6, 6.07) is 19.4. The van der Waals surface area contributed by atoms with Crippen LogP contribution in [0.5, 0.6) is 11.5 Å². The number of nitrogens with one attached hydrogen (secondary N) is 3. The predicted octanol–water partition coefficient (Wildman–Crippen LogP) is 4.61. The molecule has 1 aliphatic heterocycles. The number of halogens is 1. The van der Waals surface area contributed by atoms with Crippen molar-refractivity contribution in [3.8, 4) is 11.5 Å². The van der Waals surface area contributed by atoms with Gasteiger partial charge in [0, 0.05) is 22.8 Å². The third-order valence-electron chi connectivity index (χ3n) is 5.02. The van der Waals surface area contributed by atoms with E-state index in [9.17, 15) is 9.59 Å². The summed E-state index contributed by atoms with van der Waals surface area (Å²) < 4.78 is 10.6. The van der Waals surface area contributed by atoms with Crippen LogP contribution in [0.1, 0.15) is 28.9 Å². The third-order valence-corrected chi connectivity index (χ3v) is 5.36. The molecule has 0 saturated heterocycles. The minimum absolute atomic E-state index is 0.0600. The normalized spacial score (nSPS) is 12.8. The van der Waals surface area contributed by atoms with Crippen LogP contribution in [0.2, 0.25) is 5.02 Å². The maximum absolute atomic E-state index is 12.8. The first kappa shape index (κ1) is 21.7. The van der Waals surface area contributed by atoms with Crippen LogP contribution >= 0.6 is 11.6 Å². The van der Waals surface area contributed by atoms with Gasteiger partial charge in [-0.3, -0.25) is 9.59 Å². The first-order chi connectivity index (χ1) is 15.5. The van der Waals surface area contributed by atoms with Crippen LogP contribution in [-0.2, 0) is 4.79 Å². The summed E-state index contributed by atoms with van der Waals surface area (Å²) >= 11 is 6.22. The van der Waals surface area contributed by atoms with E-state index in [-0.39, 0.29) is 31.2 Å². The van der Waals surface area contributed by atoms with E-state index in [0.717, 1.165) is 5.56 Å². The van der Waals surface area contributed by atoms with Gasteiger partial charge in [-0.1, -0.05) is 41.9 Å². The number of amides is 2. The van der Waals surface area contributed by atoms with Gasteiger partial charge in [0.1, 0.15) is 0 Å². The first-order valence-corrected chi connectivity index (χ1v) is 10.5. The molecule has 1 aliphatic rings. The molecule has 0 spiro atoms. The molecular weight excluding hydrogens is 430 g/mol. The molecule has 1 atom stereocenters. The van der Waals surface area contributed by atoms with E-state index in [4.69, 9.17) is 21.1 Å². The average molecular weight is 452 g/mol. The van der Waals surface area contributed by atoms with E-state index in [1.54, 1.807) is 42.5 Å². The zero-order chi connectivity index (χ0) is 22.5. The molecule has 0 unspecified atom stereocenters. The number of hydrogen-bond donors (Lipinski definition) is 3. The molecule has 164 valence electrons. The van der Waals surface area contributed by atoms with Gasteiger partial charge < -0.3 is 25.4 Å². The number of benzene rings is 3. The zero-order valence-corrected chi connectivity index (χ0v) is 18.1. The van der Waals surface area contributed by atoms with Crippen LogP contribution in [0.3, 0.4) is 0 Å². The number of anilines is 2. The molecule has 4 rings (SSSR count). The van der Waals surface area contributed by atoms with Crippen molar-refractivity contribution in [2.24, 2.45) is 0 Å². The number of para-hydroxylation sites is 1. The minimum Gasteiger partial charge on any atom is -0.454 e. The summed E-state index contributed by atoms with van der Waals surface area (Å²) in [5.74, 6) is 0.585. The van der Waals surface area contributed by atoms with Crippen LogP contribution in [0, 0.1) is 0 Å². The number of rotatable bonds is 7. The summed E-state index contributed by atoms with van der Waals surface area (Å²) in [7, 11) is 0. The van der Waals surface area contributed by atoms with E-state index >= 15 is 0 Å². The van der Waals surface area contributed by atoms with Crippen molar-refractivity contribution >= 4 is 34.8 Å². The van der Waals surface area contributed by atoms with Crippen molar-refractivity contribution in [3.63, 3.8) is 0 Å². The minimum atomic E-state index is -0.350. The molecule has 0 bridgehead atoms. The Morgan fingerprint density at radius 1 is 0.969 bits per heavy atom. The topological polar surface area (TPSA) is 88.7 Å². The quantitative estimate of drug-likeness (QED) is 0.488. The van der Waals surface area contributed by atoms with Gasteiger partial charge in [-0.25, -0.2) is 0 Å². The number of carbonyl (C=O) groups excluding carboxylic acids is 2.